The average Bonchev–Trinajstić information content (AvgIpc) is 2.93. The van der Waals surface area contributed by atoms with Gasteiger partial charge in [-0.15, -0.1) is 0 Å². The van der Waals surface area contributed by atoms with Gasteiger partial charge in [0.15, 0.2) is 0 Å². The van der Waals surface area contributed by atoms with E-state index in [1.807, 2.05) is 40.3 Å². The first-order valence-electron chi connectivity index (χ1n) is 14.1. The van der Waals surface area contributed by atoms with Crippen molar-refractivity contribution in [3.05, 3.63) is 90.9 Å². The van der Waals surface area contributed by atoms with Crippen LogP contribution in [0.1, 0.15) is 56.6 Å². The predicted molar refractivity (Wildman–Crippen MR) is 149 cm³/mol. The van der Waals surface area contributed by atoms with Gasteiger partial charge in [-0.05, 0) is 80.0 Å². The average molecular weight is 517 g/mol. The number of halogens is 1. The summed E-state index contributed by atoms with van der Waals surface area (Å²) in [4.78, 5) is 20.5. The van der Waals surface area contributed by atoms with E-state index in [4.69, 9.17) is 0 Å². The number of aliphatic hydroxyl groups excluding tert-OH is 1. The van der Waals surface area contributed by atoms with E-state index in [9.17, 15) is 14.3 Å². The number of piperidine rings is 2. The summed E-state index contributed by atoms with van der Waals surface area (Å²) in [5.74, 6) is -0.196. The maximum atomic E-state index is 13.9. The first kappa shape index (κ1) is 26.6. The van der Waals surface area contributed by atoms with E-state index in [1.54, 1.807) is 12.1 Å². The zero-order chi connectivity index (χ0) is 26.5. The Morgan fingerprint density at radius 1 is 0.947 bits per heavy atom. The van der Waals surface area contributed by atoms with Crippen LogP contribution in [0, 0.1) is 12.7 Å². The summed E-state index contributed by atoms with van der Waals surface area (Å²) in [6.07, 6.45) is 12.5. The fourth-order valence-corrected chi connectivity index (χ4v) is 5.99. The van der Waals surface area contributed by atoms with Crippen molar-refractivity contribution in [2.24, 2.45) is 0 Å². The molecule has 5 nitrogen and oxygen atoms in total. The molecule has 5 rings (SSSR count). The zero-order valence-corrected chi connectivity index (χ0v) is 22.1. The van der Waals surface area contributed by atoms with Gasteiger partial charge in [0.2, 0.25) is 0 Å². The molecule has 38 heavy (non-hydrogen) atoms. The van der Waals surface area contributed by atoms with Crippen molar-refractivity contribution in [1.29, 1.82) is 0 Å². The molecule has 1 unspecified atom stereocenters. The van der Waals surface area contributed by atoms with Crippen LogP contribution in [0.5, 0.6) is 0 Å². The van der Waals surface area contributed by atoms with Crippen LogP contribution in [0.25, 0.3) is 11.1 Å². The Bertz CT molecular complexity index is 1150. The molecular weight excluding hydrogens is 477 g/mol. The quantitative estimate of drug-likeness (QED) is 0.518. The smallest absolute Gasteiger partial charge is 0.270 e. The Hall–Kier alpha value is -2.96. The molecule has 3 aliphatic rings. The van der Waals surface area contributed by atoms with Crippen LogP contribution < -0.4 is 0 Å². The van der Waals surface area contributed by atoms with E-state index in [-0.39, 0.29) is 23.9 Å². The van der Waals surface area contributed by atoms with E-state index >= 15 is 0 Å². The lowest BCUT2D eigenvalue weighted by Crippen LogP contribution is -2.50. The van der Waals surface area contributed by atoms with Gasteiger partial charge in [-0.2, -0.15) is 0 Å². The molecule has 0 saturated carbocycles. The number of hydrogen-bond acceptors (Lipinski definition) is 4. The number of amides is 1. The third kappa shape index (κ3) is 6.02. The Labute approximate surface area is 226 Å². The maximum Gasteiger partial charge on any atom is 0.270 e. The van der Waals surface area contributed by atoms with Crippen molar-refractivity contribution in [2.45, 2.75) is 63.1 Å². The molecule has 2 aromatic rings. The summed E-state index contributed by atoms with van der Waals surface area (Å²) in [5.41, 5.74) is 3.60. The Balaban J connectivity index is 1.34. The highest BCUT2D eigenvalue weighted by atomic mass is 19.1. The summed E-state index contributed by atoms with van der Waals surface area (Å²) in [6, 6.07) is 14.7. The molecule has 2 aromatic carbocycles. The molecule has 1 N–H and O–H groups in total. The highest BCUT2D eigenvalue weighted by Gasteiger charge is 2.31. The Morgan fingerprint density at radius 2 is 1.66 bits per heavy atom. The van der Waals surface area contributed by atoms with Gasteiger partial charge in [0, 0.05) is 32.2 Å². The molecule has 3 aliphatic heterocycles. The number of carbonyl (C=O) groups excluding carboxylic acids is 1. The lowest BCUT2D eigenvalue weighted by Gasteiger charge is -2.43. The zero-order valence-electron chi connectivity index (χ0n) is 22.1. The minimum atomic E-state index is -0.321. The van der Waals surface area contributed by atoms with Crippen LogP contribution in [-0.2, 0) is 4.79 Å². The summed E-state index contributed by atoms with van der Waals surface area (Å²) in [7, 11) is 0. The second kappa shape index (κ2) is 12.3. The molecule has 0 aromatic heterocycles. The fraction of sp³-hybridized carbons (Fsp3) is 0.438. The second-order valence-electron chi connectivity index (χ2n) is 10.7. The minimum absolute atomic E-state index is 0.0666. The third-order valence-electron chi connectivity index (χ3n) is 8.25. The molecule has 0 bridgehead atoms. The lowest BCUT2D eigenvalue weighted by molar-refractivity contribution is -0.130. The molecule has 3 heterocycles. The molecule has 2 fully saturated rings. The summed E-state index contributed by atoms with van der Waals surface area (Å²) >= 11 is 0. The highest BCUT2D eigenvalue weighted by Crippen LogP contribution is 2.35. The summed E-state index contributed by atoms with van der Waals surface area (Å²) in [5, 5.41) is 9.86. The van der Waals surface area contributed by atoms with Crippen LogP contribution in [0.2, 0.25) is 0 Å². The van der Waals surface area contributed by atoms with Gasteiger partial charge < -0.3 is 26.7 Å². The van der Waals surface area contributed by atoms with Crippen LogP contribution in [0.15, 0.2) is 72.6 Å². The van der Waals surface area contributed by atoms with Gasteiger partial charge in [0.25, 0.3) is 5.91 Å². The number of allylic oxidation sites excluding steroid dienone is 2. The number of likely N-dealkylation sites (tertiary alicyclic amines) is 2. The number of rotatable bonds is 5. The van der Waals surface area contributed by atoms with Crippen LogP contribution in [0.3, 0.4) is 0 Å². The van der Waals surface area contributed by atoms with Crippen molar-refractivity contribution < 1.29 is 14.3 Å². The van der Waals surface area contributed by atoms with Gasteiger partial charge in [0.1, 0.15) is 11.5 Å². The van der Waals surface area contributed by atoms with Gasteiger partial charge in [-0.3, -0.25) is 4.79 Å². The van der Waals surface area contributed by atoms with Crippen LogP contribution >= 0.6 is 0 Å². The van der Waals surface area contributed by atoms with Crippen LogP contribution in [-0.4, -0.2) is 64.0 Å². The molecule has 202 valence electrons. The number of benzene rings is 2. The standard InChI is InChI=1S/C32H39FN3O2/c1-24(29-8-5-6-9-30(29)25-11-13-26(33)14-12-25)36-19-7-3-2-4-10-31(36)32(38)35-20-15-27(16-21-35)34-22-17-28(37)18-23-34/h5-14,19,24,27-28,37H,1-4,15-18,20-23H2/q-1/b19-7-,31-10-. The van der Waals surface area contributed by atoms with E-state index < -0.39 is 0 Å². The van der Waals surface area contributed by atoms with Gasteiger partial charge in [0.05, 0.1) is 6.10 Å². The maximum absolute atomic E-state index is 13.9. The van der Waals surface area contributed by atoms with Crippen molar-refractivity contribution >= 4 is 5.91 Å². The second-order valence-corrected chi connectivity index (χ2v) is 10.7. The normalized spacial score (nSPS) is 23.3. The van der Waals surface area contributed by atoms with E-state index in [0.717, 1.165) is 87.8 Å². The summed E-state index contributed by atoms with van der Waals surface area (Å²) in [6.45, 7) is 7.90. The van der Waals surface area contributed by atoms with Gasteiger partial charge >= 0.3 is 0 Å². The molecule has 1 amide bonds. The summed E-state index contributed by atoms with van der Waals surface area (Å²) < 4.78 is 13.6. The van der Waals surface area contributed by atoms with Crippen molar-refractivity contribution in [3.63, 3.8) is 0 Å². The van der Waals surface area contributed by atoms with Crippen molar-refractivity contribution in [2.75, 3.05) is 26.2 Å². The van der Waals surface area contributed by atoms with Gasteiger partial charge in [-0.25, -0.2) is 4.39 Å². The number of nitrogens with zero attached hydrogens (tertiary/aromatic N) is 3. The monoisotopic (exact) mass is 516 g/mol. The minimum Gasteiger partial charge on any atom is -0.393 e. The fourth-order valence-electron chi connectivity index (χ4n) is 5.99. The SMILES string of the molecule is [CH2-]C(c1ccccc1-c1ccc(F)cc1)N1/C=C\CCC/C=C\1C(=O)N1CCC(N2CCC(O)CC2)CC1. The van der Waals surface area contributed by atoms with E-state index in [2.05, 4.69) is 24.0 Å². The topological polar surface area (TPSA) is 47.0 Å². The Morgan fingerprint density at radius 3 is 2.39 bits per heavy atom. The molecule has 0 spiro atoms. The first-order chi connectivity index (χ1) is 18.5. The first-order valence-corrected chi connectivity index (χ1v) is 14.1. The van der Waals surface area contributed by atoms with Gasteiger partial charge in [-0.1, -0.05) is 54.6 Å². The number of carbonyl (C=O) groups is 1. The molecule has 1 atom stereocenters. The van der Waals surface area contributed by atoms with E-state index in [0.29, 0.717) is 11.7 Å². The highest BCUT2D eigenvalue weighted by molar-refractivity contribution is 5.93. The van der Waals surface area contributed by atoms with E-state index in [1.165, 1.54) is 12.1 Å². The Kier molecular flexibility index (Phi) is 8.60. The number of hydrogen-bond donors (Lipinski definition) is 1. The third-order valence-corrected chi connectivity index (χ3v) is 8.25. The molecule has 0 aliphatic carbocycles. The molecular formula is C32H39FN3O2-. The van der Waals surface area contributed by atoms with Crippen molar-refractivity contribution in [1.82, 2.24) is 14.7 Å². The lowest BCUT2D eigenvalue weighted by atomic mass is 9.94. The number of aliphatic hydroxyl groups is 1. The molecule has 6 heteroatoms. The predicted octanol–water partition coefficient (Wildman–Crippen LogP) is 5.70. The van der Waals surface area contributed by atoms with Crippen LogP contribution in [0.4, 0.5) is 4.39 Å². The van der Waals surface area contributed by atoms with Crippen molar-refractivity contribution in [3.8, 4) is 11.1 Å². The molecule has 0 radical (unpaired) electrons. The molecule has 2 saturated heterocycles. The largest absolute Gasteiger partial charge is 0.393 e.